The molecule has 0 radical (unpaired) electrons. The summed E-state index contributed by atoms with van der Waals surface area (Å²) >= 11 is 3.15. The lowest BCUT2D eigenvalue weighted by atomic mass is 9.89. The smallest absolute Gasteiger partial charge is 0.230 e. The molecule has 0 saturated carbocycles. The van der Waals surface area contributed by atoms with E-state index in [1.807, 2.05) is 0 Å². The van der Waals surface area contributed by atoms with E-state index in [0.717, 1.165) is 18.7 Å². The number of hydrogen-bond donors (Lipinski definition) is 1. The highest BCUT2D eigenvalue weighted by atomic mass is 79.9. The van der Waals surface area contributed by atoms with Crippen molar-refractivity contribution >= 4 is 15.9 Å². The van der Waals surface area contributed by atoms with Gasteiger partial charge in [0.1, 0.15) is 5.82 Å². The van der Waals surface area contributed by atoms with E-state index in [-0.39, 0.29) is 11.7 Å². The van der Waals surface area contributed by atoms with E-state index in [0.29, 0.717) is 22.1 Å². The van der Waals surface area contributed by atoms with Gasteiger partial charge in [-0.25, -0.2) is 4.39 Å². The number of nitrogens with one attached hydrogen (secondary N) is 1. The first-order valence-corrected chi connectivity index (χ1v) is 6.94. The van der Waals surface area contributed by atoms with Crippen molar-refractivity contribution in [2.24, 2.45) is 5.92 Å². The van der Waals surface area contributed by atoms with Crippen molar-refractivity contribution in [3.8, 4) is 11.4 Å². The van der Waals surface area contributed by atoms with Gasteiger partial charge in [0.15, 0.2) is 0 Å². The summed E-state index contributed by atoms with van der Waals surface area (Å²) < 4.78 is 18.9. The zero-order valence-corrected chi connectivity index (χ0v) is 11.9. The van der Waals surface area contributed by atoms with E-state index in [2.05, 4.69) is 38.3 Å². The summed E-state index contributed by atoms with van der Waals surface area (Å²) in [5.41, 5.74) is 0.738. The monoisotopic (exact) mass is 325 g/mol. The predicted molar refractivity (Wildman–Crippen MR) is 72.2 cm³/mol. The molecule has 2 aromatic rings. The summed E-state index contributed by atoms with van der Waals surface area (Å²) in [5, 5.41) is 7.20. The molecule has 3 rings (SSSR count). The molecular formula is C13H13BrFN3O. The second kappa shape index (κ2) is 5.02. The molecule has 19 heavy (non-hydrogen) atoms. The van der Waals surface area contributed by atoms with Crippen LogP contribution >= 0.6 is 15.9 Å². The number of nitrogens with zero attached hydrogens (tertiary/aromatic N) is 2. The van der Waals surface area contributed by atoms with E-state index in [1.54, 1.807) is 12.1 Å². The minimum Gasteiger partial charge on any atom is -0.339 e. The third-order valence-electron chi connectivity index (χ3n) is 3.53. The summed E-state index contributed by atoms with van der Waals surface area (Å²) in [6.07, 6.45) is 0. The average Bonchev–Trinajstić information content (AvgIpc) is 2.80. The summed E-state index contributed by atoms with van der Waals surface area (Å²) in [4.78, 5) is 4.41. The molecule has 1 aliphatic rings. The molecule has 0 amide bonds. The van der Waals surface area contributed by atoms with E-state index >= 15 is 0 Å². The van der Waals surface area contributed by atoms with Crippen molar-refractivity contribution in [3.05, 3.63) is 34.4 Å². The summed E-state index contributed by atoms with van der Waals surface area (Å²) in [7, 11) is 0. The third-order valence-corrected chi connectivity index (χ3v) is 4.14. The van der Waals surface area contributed by atoms with Crippen LogP contribution in [0.3, 0.4) is 0 Å². The summed E-state index contributed by atoms with van der Waals surface area (Å²) in [6.45, 7) is 4.06. The number of halogens is 2. The lowest BCUT2D eigenvalue weighted by Gasteiger charge is -2.30. The van der Waals surface area contributed by atoms with Crippen molar-refractivity contribution in [1.29, 1.82) is 0 Å². The number of hydrogen-bond acceptors (Lipinski definition) is 4. The Balaban J connectivity index is 1.85. The fourth-order valence-electron chi connectivity index (χ4n) is 2.04. The van der Waals surface area contributed by atoms with Crippen LogP contribution in [0.2, 0.25) is 0 Å². The van der Waals surface area contributed by atoms with Crippen LogP contribution in [0.25, 0.3) is 11.4 Å². The molecule has 1 N–H and O–H groups in total. The van der Waals surface area contributed by atoms with Crippen LogP contribution in [0.4, 0.5) is 4.39 Å². The highest BCUT2D eigenvalue weighted by Crippen LogP contribution is 2.28. The van der Waals surface area contributed by atoms with Crippen LogP contribution in [0.15, 0.2) is 27.2 Å². The largest absolute Gasteiger partial charge is 0.339 e. The number of rotatable bonds is 3. The highest BCUT2D eigenvalue weighted by molar-refractivity contribution is 9.10. The van der Waals surface area contributed by atoms with Crippen LogP contribution in [0.1, 0.15) is 18.7 Å². The topological polar surface area (TPSA) is 51.0 Å². The Morgan fingerprint density at radius 2 is 2.26 bits per heavy atom. The van der Waals surface area contributed by atoms with Crippen molar-refractivity contribution in [1.82, 2.24) is 15.5 Å². The number of aromatic nitrogens is 2. The molecule has 4 nitrogen and oxygen atoms in total. The van der Waals surface area contributed by atoms with Crippen molar-refractivity contribution in [2.45, 2.75) is 12.8 Å². The van der Waals surface area contributed by atoms with E-state index in [1.165, 1.54) is 6.07 Å². The van der Waals surface area contributed by atoms with E-state index < -0.39 is 0 Å². The molecule has 1 fully saturated rings. The summed E-state index contributed by atoms with van der Waals surface area (Å²) in [6, 6.07) is 4.68. The maximum absolute atomic E-state index is 13.2. The van der Waals surface area contributed by atoms with E-state index in [4.69, 9.17) is 4.52 Å². The molecule has 0 bridgehead atoms. The van der Waals surface area contributed by atoms with Gasteiger partial charge in [-0.05, 0) is 53.1 Å². The first kappa shape index (κ1) is 12.7. The van der Waals surface area contributed by atoms with Gasteiger partial charge >= 0.3 is 0 Å². The first-order valence-electron chi connectivity index (χ1n) is 6.15. The second-order valence-corrected chi connectivity index (χ2v) is 5.65. The minimum absolute atomic E-state index is 0.242. The maximum atomic E-state index is 13.2. The van der Waals surface area contributed by atoms with Crippen LogP contribution in [0.5, 0.6) is 0 Å². The molecule has 0 spiro atoms. The number of benzene rings is 1. The van der Waals surface area contributed by atoms with Crippen molar-refractivity contribution in [2.75, 3.05) is 13.1 Å². The van der Waals surface area contributed by atoms with Gasteiger partial charge in [0, 0.05) is 11.5 Å². The van der Waals surface area contributed by atoms with Crippen molar-refractivity contribution in [3.63, 3.8) is 0 Å². The molecule has 1 aromatic carbocycles. The zero-order valence-electron chi connectivity index (χ0n) is 10.4. The van der Waals surface area contributed by atoms with Gasteiger partial charge in [-0.1, -0.05) is 12.1 Å². The average molecular weight is 326 g/mol. The minimum atomic E-state index is -0.304. The SMILES string of the molecule is CC(c1nc(-c2ccc(F)c(Br)c2)no1)C1CNC1. The van der Waals surface area contributed by atoms with Crippen LogP contribution < -0.4 is 5.32 Å². The molecule has 1 aliphatic heterocycles. The Hall–Kier alpha value is -1.27. The van der Waals surface area contributed by atoms with Gasteiger partial charge in [0.05, 0.1) is 4.47 Å². The summed E-state index contributed by atoms with van der Waals surface area (Å²) in [5.74, 6) is 1.62. The Morgan fingerprint density at radius 1 is 1.47 bits per heavy atom. The Morgan fingerprint density at radius 3 is 2.89 bits per heavy atom. The molecule has 2 heterocycles. The van der Waals surface area contributed by atoms with Gasteiger partial charge in [0.25, 0.3) is 0 Å². The fourth-order valence-corrected chi connectivity index (χ4v) is 2.42. The van der Waals surface area contributed by atoms with Crippen LogP contribution in [0, 0.1) is 11.7 Å². The van der Waals surface area contributed by atoms with Gasteiger partial charge in [-0.2, -0.15) is 4.98 Å². The fraction of sp³-hybridized carbons (Fsp3) is 0.385. The lowest BCUT2D eigenvalue weighted by Crippen LogP contribution is -2.44. The maximum Gasteiger partial charge on any atom is 0.230 e. The first-order chi connectivity index (χ1) is 9.15. The molecule has 1 saturated heterocycles. The molecule has 0 aliphatic carbocycles. The standard InChI is InChI=1S/C13H13BrFN3O/c1-7(9-5-16-6-9)13-17-12(18-19-13)8-2-3-11(15)10(14)4-8/h2-4,7,9,16H,5-6H2,1H3. The van der Waals surface area contributed by atoms with Gasteiger partial charge in [-0.15, -0.1) is 0 Å². The van der Waals surface area contributed by atoms with Gasteiger partial charge < -0.3 is 9.84 Å². The quantitative estimate of drug-likeness (QED) is 0.942. The molecule has 100 valence electrons. The van der Waals surface area contributed by atoms with Crippen LogP contribution in [-0.2, 0) is 0 Å². The zero-order chi connectivity index (χ0) is 13.4. The van der Waals surface area contributed by atoms with Crippen LogP contribution in [-0.4, -0.2) is 23.2 Å². The highest BCUT2D eigenvalue weighted by Gasteiger charge is 2.28. The third kappa shape index (κ3) is 2.42. The molecule has 1 atom stereocenters. The normalized spacial score (nSPS) is 17.2. The van der Waals surface area contributed by atoms with E-state index in [9.17, 15) is 4.39 Å². The predicted octanol–water partition coefficient (Wildman–Crippen LogP) is 2.96. The molecule has 1 aromatic heterocycles. The molecular weight excluding hydrogens is 313 g/mol. The Bertz CT molecular complexity index is 597. The van der Waals surface area contributed by atoms with Gasteiger partial charge in [0.2, 0.25) is 11.7 Å². The van der Waals surface area contributed by atoms with Gasteiger partial charge in [-0.3, -0.25) is 0 Å². The second-order valence-electron chi connectivity index (χ2n) is 4.79. The molecule has 1 unspecified atom stereocenters. The lowest BCUT2D eigenvalue weighted by molar-refractivity contribution is 0.252. The van der Waals surface area contributed by atoms with Crippen molar-refractivity contribution < 1.29 is 8.91 Å². The Labute approximate surface area is 118 Å². The Kier molecular flexibility index (Phi) is 3.36. The molecule has 6 heteroatoms.